The van der Waals surface area contributed by atoms with Crippen LogP contribution < -0.4 is 5.32 Å². The molecule has 0 saturated heterocycles. The zero-order chi connectivity index (χ0) is 13.8. The third-order valence-corrected chi connectivity index (χ3v) is 2.17. The third-order valence-electron chi connectivity index (χ3n) is 2.17. The average molecular weight is 261 g/mol. The van der Waals surface area contributed by atoms with E-state index in [0.29, 0.717) is 18.7 Å². The van der Waals surface area contributed by atoms with E-state index >= 15 is 0 Å². The molecule has 2 nitrogen and oxygen atoms in total. The summed E-state index contributed by atoms with van der Waals surface area (Å²) >= 11 is 0. The lowest BCUT2D eigenvalue weighted by atomic mass is 10.1. The second kappa shape index (κ2) is 5.77. The minimum absolute atomic E-state index is 0.0865. The number of hydrogen-bond donors (Lipinski definition) is 1. The van der Waals surface area contributed by atoms with E-state index in [1.54, 1.807) is 0 Å². The fraction of sp³-hybridized carbons (Fsp3) is 0.250. The maximum absolute atomic E-state index is 13.2. The van der Waals surface area contributed by atoms with Gasteiger partial charge in [0.15, 0.2) is 5.78 Å². The number of rotatable bonds is 5. The van der Waals surface area contributed by atoms with Gasteiger partial charge in [-0.2, -0.15) is 13.2 Å². The number of carbonyl (C=O) groups is 1. The fourth-order valence-electron chi connectivity index (χ4n) is 1.31. The zero-order valence-corrected chi connectivity index (χ0v) is 9.35. The third kappa shape index (κ3) is 3.66. The molecule has 0 heterocycles. The molecule has 0 aliphatic rings. The van der Waals surface area contributed by atoms with Crippen LogP contribution in [0.2, 0.25) is 0 Å². The molecule has 18 heavy (non-hydrogen) atoms. The summed E-state index contributed by atoms with van der Waals surface area (Å²) in [6, 6.07) is 2.13. The Morgan fingerprint density at radius 1 is 1.39 bits per heavy atom. The normalized spacial score (nSPS) is 11.3. The lowest BCUT2D eigenvalue weighted by Crippen LogP contribution is -2.23. The molecule has 0 aliphatic carbocycles. The first kappa shape index (κ1) is 14.4. The van der Waals surface area contributed by atoms with Gasteiger partial charge in [0.1, 0.15) is 5.82 Å². The Morgan fingerprint density at radius 2 is 2.06 bits per heavy atom. The molecule has 0 aliphatic heterocycles. The van der Waals surface area contributed by atoms with E-state index in [4.69, 9.17) is 0 Å². The second-order valence-electron chi connectivity index (χ2n) is 3.54. The Hall–Kier alpha value is -1.69. The molecule has 0 aromatic heterocycles. The first-order valence-corrected chi connectivity index (χ1v) is 5.08. The molecule has 1 aromatic carbocycles. The number of hydrogen-bond acceptors (Lipinski definition) is 2. The molecule has 1 N–H and O–H groups in total. The van der Waals surface area contributed by atoms with Crippen LogP contribution in [0.4, 0.5) is 17.6 Å². The molecule has 0 bridgehead atoms. The van der Waals surface area contributed by atoms with Gasteiger partial charge in [-0.05, 0) is 12.1 Å². The van der Waals surface area contributed by atoms with Crippen molar-refractivity contribution in [1.29, 1.82) is 0 Å². The Balaban J connectivity index is 2.84. The van der Waals surface area contributed by atoms with E-state index in [1.807, 2.05) is 0 Å². The summed E-state index contributed by atoms with van der Waals surface area (Å²) in [5, 5.41) is 2.69. The molecule has 0 unspecified atom stereocenters. The predicted molar refractivity (Wildman–Crippen MR) is 58.8 cm³/mol. The lowest BCUT2D eigenvalue weighted by molar-refractivity contribution is -0.140. The van der Waals surface area contributed by atoms with E-state index in [2.05, 4.69) is 11.9 Å². The number of halogens is 4. The van der Waals surface area contributed by atoms with Crippen molar-refractivity contribution in [2.75, 3.05) is 13.1 Å². The smallest absolute Gasteiger partial charge is 0.306 e. The summed E-state index contributed by atoms with van der Waals surface area (Å²) in [5.74, 6) is -1.93. The van der Waals surface area contributed by atoms with Crippen LogP contribution in [0.5, 0.6) is 0 Å². The molecule has 0 saturated carbocycles. The molecule has 98 valence electrons. The van der Waals surface area contributed by atoms with Crippen LogP contribution in [-0.4, -0.2) is 18.9 Å². The van der Waals surface area contributed by atoms with Crippen LogP contribution in [0.3, 0.4) is 0 Å². The minimum Gasteiger partial charge on any atom is -0.306 e. The highest BCUT2D eigenvalue weighted by Gasteiger charge is 2.34. The van der Waals surface area contributed by atoms with Crippen LogP contribution >= 0.6 is 0 Å². The van der Waals surface area contributed by atoms with Crippen LogP contribution in [0.1, 0.15) is 15.9 Å². The highest BCUT2D eigenvalue weighted by molar-refractivity contribution is 5.97. The SMILES string of the molecule is C=CCNCC(=O)c1ccc(C(F)(F)F)c(F)c1. The Bertz CT molecular complexity index is 454. The molecular weight excluding hydrogens is 250 g/mol. The van der Waals surface area contributed by atoms with E-state index in [0.717, 1.165) is 6.07 Å². The summed E-state index contributed by atoms with van der Waals surface area (Å²) in [4.78, 5) is 11.5. The summed E-state index contributed by atoms with van der Waals surface area (Å²) in [6.07, 6.45) is -3.23. The number of carbonyl (C=O) groups excluding carboxylic acids is 1. The van der Waals surface area contributed by atoms with Crippen molar-refractivity contribution in [3.05, 3.63) is 47.8 Å². The number of nitrogens with one attached hydrogen (secondary N) is 1. The standard InChI is InChI=1S/C12H11F4NO/c1-2-5-17-7-11(18)8-3-4-9(10(13)6-8)12(14,15)16/h2-4,6,17H,1,5,7H2. The molecule has 0 fully saturated rings. The van der Waals surface area contributed by atoms with E-state index in [1.165, 1.54) is 6.08 Å². The highest BCUT2D eigenvalue weighted by Crippen LogP contribution is 2.31. The van der Waals surface area contributed by atoms with Gasteiger partial charge in [0.2, 0.25) is 0 Å². The summed E-state index contributed by atoms with van der Waals surface area (Å²) in [5.41, 5.74) is -1.48. The quantitative estimate of drug-likeness (QED) is 0.382. The Labute approximate surface area is 101 Å². The Morgan fingerprint density at radius 3 is 2.56 bits per heavy atom. The molecule has 0 radical (unpaired) electrons. The average Bonchev–Trinajstić information content (AvgIpc) is 2.27. The summed E-state index contributed by atoms with van der Waals surface area (Å²) in [6.45, 7) is 3.72. The van der Waals surface area contributed by atoms with Crippen LogP contribution in [0.15, 0.2) is 30.9 Å². The van der Waals surface area contributed by atoms with Gasteiger partial charge in [-0.1, -0.05) is 12.1 Å². The van der Waals surface area contributed by atoms with Gasteiger partial charge in [-0.25, -0.2) is 4.39 Å². The number of benzene rings is 1. The lowest BCUT2D eigenvalue weighted by Gasteiger charge is -2.09. The second-order valence-corrected chi connectivity index (χ2v) is 3.54. The van der Waals surface area contributed by atoms with E-state index in [9.17, 15) is 22.4 Å². The number of alkyl halides is 3. The van der Waals surface area contributed by atoms with Gasteiger partial charge in [-0.15, -0.1) is 6.58 Å². The minimum atomic E-state index is -4.76. The van der Waals surface area contributed by atoms with Crippen molar-refractivity contribution in [3.63, 3.8) is 0 Å². The van der Waals surface area contributed by atoms with Gasteiger partial charge >= 0.3 is 6.18 Å². The summed E-state index contributed by atoms with van der Waals surface area (Å²) < 4.78 is 50.0. The van der Waals surface area contributed by atoms with E-state index in [-0.39, 0.29) is 12.1 Å². The van der Waals surface area contributed by atoms with Gasteiger partial charge in [0.25, 0.3) is 0 Å². The fourth-order valence-corrected chi connectivity index (χ4v) is 1.31. The van der Waals surface area contributed by atoms with Gasteiger partial charge in [0, 0.05) is 12.1 Å². The van der Waals surface area contributed by atoms with Gasteiger partial charge in [-0.3, -0.25) is 4.79 Å². The molecular formula is C12H11F4NO. The molecule has 1 rings (SSSR count). The van der Waals surface area contributed by atoms with Crippen molar-refractivity contribution in [2.45, 2.75) is 6.18 Å². The van der Waals surface area contributed by atoms with Gasteiger partial charge < -0.3 is 5.32 Å². The first-order chi connectivity index (χ1) is 8.36. The molecule has 1 aromatic rings. The van der Waals surface area contributed by atoms with Crippen molar-refractivity contribution >= 4 is 5.78 Å². The van der Waals surface area contributed by atoms with Crippen LogP contribution in [0, 0.1) is 5.82 Å². The summed E-state index contributed by atoms with van der Waals surface area (Å²) in [7, 11) is 0. The maximum atomic E-state index is 13.2. The van der Waals surface area contributed by atoms with Gasteiger partial charge in [0.05, 0.1) is 12.1 Å². The topological polar surface area (TPSA) is 29.1 Å². The van der Waals surface area contributed by atoms with Crippen LogP contribution in [0.25, 0.3) is 0 Å². The molecule has 0 amide bonds. The number of Topliss-reactive ketones (excluding diaryl/α,β-unsaturated/α-hetero) is 1. The van der Waals surface area contributed by atoms with Crippen LogP contribution in [-0.2, 0) is 6.18 Å². The zero-order valence-electron chi connectivity index (χ0n) is 9.35. The van der Waals surface area contributed by atoms with Crippen molar-refractivity contribution < 1.29 is 22.4 Å². The number of ketones is 1. The molecule has 0 spiro atoms. The largest absolute Gasteiger partial charge is 0.419 e. The predicted octanol–water partition coefficient (Wildman–Crippen LogP) is 2.80. The highest BCUT2D eigenvalue weighted by atomic mass is 19.4. The Kier molecular flexibility index (Phi) is 4.61. The monoisotopic (exact) mass is 261 g/mol. The van der Waals surface area contributed by atoms with Crippen molar-refractivity contribution in [3.8, 4) is 0 Å². The van der Waals surface area contributed by atoms with Crippen molar-refractivity contribution in [2.24, 2.45) is 0 Å². The van der Waals surface area contributed by atoms with E-state index < -0.39 is 23.3 Å². The molecule has 6 heteroatoms. The first-order valence-electron chi connectivity index (χ1n) is 5.08. The maximum Gasteiger partial charge on any atom is 0.419 e. The molecule has 0 atom stereocenters. The van der Waals surface area contributed by atoms with Crippen molar-refractivity contribution in [1.82, 2.24) is 5.32 Å².